The molecular weight excluding hydrogens is 581 g/mol. The number of carbonyl (C=O) groups is 1. The lowest BCUT2D eigenvalue weighted by Crippen LogP contribution is -2.39. The maximum atomic E-state index is 12.7. The molecule has 1 aliphatic heterocycles. The van der Waals surface area contributed by atoms with E-state index in [2.05, 4.69) is 39.8 Å². The van der Waals surface area contributed by atoms with E-state index in [0.29, 0.717) is 16.6 Å². The summed E-state index contributed by atoms with van der Waals surface area (Å²) in [6, 6.07) is 29.8. The summed E-state index contributed by atoms with van der Waals surface area (Å²) >= 11 is 12.0. The van der Waals surface area contributed by atoms with Crippen LogP contribution in [0.15, 0.2) is 91.0 Å². The third-order valence-electron chi connectivity index (χ3n) is 7.82. The van der Waals surface area contributed by atoms with Crippen molar-refractivity contribution in [1.29, 1.82) is 0 Å². The number of amides is 1. The van der Waals surface area contributed by atoms with Gasteiger partial charge in [0.2, 0.25) is 0 Å². The standard InChI is InChI=1S/C35H37Cl2N3O3/c36-31-22-28(34(41)23-32(31)37)24-38-18-14-25-10-12-26(13-11-25)15-19-40-20-16-29(17-21-40)43-35(42)39-33-9-5-4-8-30(33)27-6-2-1-3-7-27/h1-13,22-23,29,38,41H,14-21,24H2,(H,39,42). The minimum atomic E-state index is -0.398. The van der Waals surface area contributed by atoms with E-state index in [1.165, 1.54) is 17.2 Å². The van der Waals surface area contributed by atoms with Gasteiger partial charge >= 0.3 is 6.09 Å². The Kier molecular flexibility index (Phi) is 11.0. The number of nitrogens with one attached hydrogen (secondary N) is 2. The van der Waals surface area contributed by atoms with E-state index in [1.807, 2.05) is 54.6 Å². The van der Waals surface area contributed by atoms with Crippen LogP contribution in [0, 0.1) is 0 Å². The smallest absolute Gasteiger partial charge is 0.411 e. The molecule has 6 nitrogen and oxygen atoms in total. The molecule has 8 heteroatoms. The van der Waals surface area contributed by atoms with Crippen molar-refractivity contribution in [1.82, 2.24) is 10.2 Å². The number of halogens is 2. The third kappa shape index (κ3) is 8.97. The Balaban J connectivity index is 0.993. The van der Waals surface area contributed by atoms with E-state index < -0.39 is 6.09 Å². The fourth-order valence-corrected chi connectivity index (χ4v) is 5.68. The number of hydrogen-bond acceptors (Lipinski definition) is 5. The normalized spacial score (nSPS) is 14.0. The molecule has 0 aliphatic carbocycles. The van der Waals surface area contributed by atoms with Crippen LogP contribution in [0.1, 0.15) is 29.5 Å². The number of likely N-dealkylation sites (tertiary alicyclic amines) is 1. The molecule has 1 saturated heterocycles. The third-order valence-corrected chi connectivity index (χ3v) is 8.55. The SMILES string of the molecule is O=C(Nc1ccccc1-c1ccccc1)OC1CCN(CCc2ccc(CCNCc3cc(Cl)c(Cl)cc3O)cc2)CC1. The van der Waals surface area contributed by atoms with Gasteiger partial charge in [-0.15, -0.1) is 0 Å². The topological polar surface area (TPSA) is 73.8 Å². The maximum Gasteiger partial charge on any atom is 0.411 e. The highest BCUT2D eigenvalue weighted by Crippen LogP contribution is 2.30. The average Bonchev–Trinajstić information content (AvgIpc) is 3.02. The maximum absolute atomic E-state index is 12.7. The van der Waals surface area contributed by atoms with Gasteiger partial charge in [0, 0.05) is 43.4 Å². The van der Waals surface area contributed by atoms with Crippen molar-refractivity contribution in [2.75, 3.05) is 31.5 Å². The van der Waals surface area contributed by atoms with E-state index in [9.17, 15) is 9.90 Å². The van der Waals surface area contributed by atoms with Crippen LogP contribution in [0.3, 0.4) is 0 Å². The number of carbonyl (C=O) groups excluding carboxylic acids is 1. The number of para-hydroxylation sites is 1. The number of piperidine rings is 1. The largest absolute Gasteiger partial charge is 0.508 e. The van der Waals surface area contributed by atoms with Crippen molar-refractivity contribution in [2.24, 2.45) is 0 Å². The van der Waals surface area contributed by atoms with Crippen molar-refractivity contribution in [2.45, 2.75) is 38.3 Å². The van der Waals surface area contributed by atoms with Gasteiger partial charge in [-0.25, -0.2) is 4.79 Å². The first-order valence-corrected chi connectivity index (χ1v) is 15.5. The molecule has 0 aromatic heterocycles. The summed E-state index contributed by atoms with van der Waals surface area (Å²) in [6.45, 7) is 4.12. The minimum Gasteiger partial charge on any atom is -0.508 e. The van der Waals surface area contributed by atoms with Gasteiger partial charge in [-0.2, -0.15) is 0 Å². The predicted octanol–water partition coefficient (Wildman–Crippen LogP) is 7.95. The van der Waals surface area contributed by atoms with Crippen LogP contribution in [0.2, 0.25) is 10.0 Å². The lowest BCUT2D eigenvalue weighted by Gasteiger charge is -2.31. The Morgan fingerprint density at radius 1 is 0.860 bits per heavy atom. The van der Waals surface area contributed by atoms with Gasteiger partial charge in [0.15, 0.2) is 0 Å². The molecule has 0 bridgehead atoms. The summed E-state index contributed by atoms with van der Waals surface area (Å²) in [4.78, 5) is 15.1. The number of hydrogen-bond donors (Lipinski definition) is 3. The molecule has 0 radical (unpaired) electrons. The van der Waals surface area contributed by atoms with Crippen molar-refractivity contribution in [3.05, 3.63) is 118 Å². The molecule has 43 heavy (non-hydrogen) atoms. The van der Waals surface area contributed by atoms with Crippen LogP contribution in [0.4, 0.5) is 10.5 Å². The zero-order valence-corrected chi connectivity index (χ0v) is 25.6. The van der Waals surface area contributed by atoms with Crippen molar-refractivity contribution < 1.29 is 14.6 Å². The molecule has 5 rings (SSSR count). The Morgan fingerprint density at radius 2 is 1.51 bits per heavy atom. The molecular formula is C35H37Cl2N3O3. The van der Waals surface area contributed by atoms with Gasteiger partial charge in [0.1, 0.15) is 11.9 Å². The quantitative estimate of drug-likeness (QED) is 0.149. The van der Waals surface area contributed by atoms with E-state index in [1.54, 1.807) is 6.07 Å². The van der Waals surface area contributed by atoms with Crippen molar-refractivity contribution in [3.63, 3.8) is 0 Å². The zero-order chi connectivity index (χ0) is 30.0. The molecule has 4 aromatic rings. The first-order chi connectivity index (χ1) is 20.9. The Bertz CT molecular complexity index is 1490. The van der Waals surface area contributed by atoms with Gasteiger partial charge in [-0.05, 0) is 61.1 Å². The molecule has 1 amide bonds. The summed E-state index contributed by atoms with van der Waals surface area (Å²) < 4.78 is 5.79. The van der Waals surface area contributed by atoms with Crippen LogP contribution in [0.25, 0.3) is 11.1 Å². The predicted molar refractivity (Wildman–Crippen MR) is 175 cm³/mol. The highest BCUT2D eigenvalue weighted by molar-refractivity contribution is 6.42. The fourth-order valence-electron chi connectivity index (χ4n) is 5.34. The van der Waals surface area contributed by atoms with Crippen LogP contribution >= 0.6 is 23.2 Å². The minimum absolute atomic E-state index is 0.0753. The van der Waals surface area contributed by atoms with Gasteiger partial charge in [0.05, 0.1) is 15.7 Å². The van der Waals surface area contributed by atoms with Gasteiger partial charge < -0.3 is 20.1 Å². The van der Waals surface area contributed by atoms with Crippen LogP contribution in [-0.4, -0.2) is 48.4 Å². The summed E-state index contributed by atoms with van der Waals surface area (Å²) in [5.74, 6) is 0.147. The molecule has 1 heterocycles. The first kappa shape index (κ1) is 30.9. The van der Waals surface area contributed by atoms with Gasteiger partial charge in [-0.3, -0.25) is 5.32 Å². The lowest BCUT2D eigenvalue weighted by molar-refractivity contribution is 0.0593. The van der Waals surface area contributed by atoms with Gasteiger partial charge in [0.25, 0.3) is 0 Å². The molecule has 3 N–H and O–H groups in total. The highest BCUT2D eigenvalue weighted by atomic mass is 35.5. The van der Waals surface area contributed by atoms with Crippen molar-refractivity contribution in [3.8, 4) is 16.9 Å². The molecule has 1 aliphatic rings. The molecule has 0 atom stereocenters. The number of aromatic hydroxyl groups is 1. The van der Waals surface area contributed by atoms with Gasteiger partial charge in [-0.1, -0.05) is 96.0 Å². The highest BCUT2D eigenvalue weighted by Gasteiger charge is 2.22. The second-order valence-electron chi connectivity index (χ2n) is 10.9. The molecule has 0 saturated carbocycles. The molecule has 0 unspecified atom stereocenters. The number of nitrogens with zero attached hydrogens (tertiary/aromatic N) is 1. The van der Waals surface area contributed by atoms with Crippen molar-refractivity contribution >= 4 is 35.0 Å². The molecule has 1 fully saturated rings. The Labute approximate surface area is 263 Å². The lowest BCUT2D eigenvalue weighted by atomic mass is 10.0. The van der Waals surface area contributed by atoms with E-state index in [4.69, 9.17) is 27.9 Å². The van der Waals surface area contributed by atoms with E-state index >= 15 is 0 Å². The monoisotopic (exact) mass is 617 g/mol. The summed E-state index contributed by atoms with van der Waals surface area (Å²) in [5, 5.41) is 17.1. The molecule has 0 spiro atoms. The first-order valence-electron chi connectivity index (χ1n) is 14.7. The fraction of sp³-hybridized carbons (Fsp3) is 0.286. The van der Waals surface area contributed by atoms with Crippen LogP contribution < -0.4 is 10.6 Å². The van der Waals surface area contributed by atoms with Crippen LogP contribution in [0.5, 0.6) is 5.75 Å². The molecule has 224 valence electrons. The second kappa shape index (κ2) is 15.3. The van der Waals surface area contributed by atoms with Crippen LogP contribution in [-0.2, 0) is 24.1 Å². The number of anilines is 1. The number of ether oxygens (including phenoxy) is 1. The Morgan fingerprint density at radius 3 is 2.26 bits per heavy atom. The number of phenolic OH excluding ortho intramolecular Hbond substituents is 1. The second-order valence-corrected chi connectivity index (χ2v) is 11.7. The summed E-state index contributed by atoms with van der Waals surface area (Å²) in [5.41, 5.74) is 6.08. The molecule has 4 aromatic carbocycles. The average molecular weight is 619 g/mol. The zero-order valence-electron chi connectivity index (χ0n) is 24.1. The summed E-state index contributed by atoms with van der Waals surface area (Å²) in [6.07, 6.45) is 3.07. The van der Waals surface area contributed by atoms with E-state index in [0.717, 1.165) is 74.2 Å². The summed E-state index contributed by atoms with van der Waals surface area (Å²) in [7, 11) is 0. The Hall–Kier alpha value is -3.55. The number of rotatable bonds is 11. The van der Waals surface area contributed by atoms with E-state index in [-0.39, 0.29) is 11.9 Å². The number of benzene rings is 4. The number of phenols is 1.